The van der Waals surface area contributed by atoms with Crippen LogP contribution in [0.1, 0.15) is 11.1 Å². The summed E-state index contributed by atoms with van der Waals surface area (Å²) in [4.78, 5) is 0. The summed E-state index contributed by atoms with van der Waals surface area (Å²) in [5.41, 5.74) is 1.96. The van der Waals surface area contributed by atoms with Crippen molar-refractivity contribution >= 4 is 0 Å². The molecule has 0 heterocycles. The Hall–Kier alpha value is -2.04. The number of halogens is 2. The molecule has 0 saturated heterocycles. The van der Waals surface area contributed by atoms with E-state index in [1.54, 1.807) is 0 Å². The number of hydrogen-bond acceptors (Lipinski definition) is 2. The molecule has 2 rings (SSSR count). The highest BCUT2D eigenvalue weighted by Gasteiger charge is 2.06. The molecule has 0 aliphatic carbocycles. The van der Waals surface area contributed by atoms with Crippen molar-refractivity contribution in [1.29, 1.82) is 0 Å². The molecule has 4 heteroatoms. The number of ether oxygens (including phenoxy) is 2. The largest absolute Gasteiger partial charge is 0.373 e. The summed E-state index contributed by atoms with van der Waals surface area (Å²) in [5.74, 6) is 0. The molecule has 0 amide bonds. The van der Waals surface area contributed by atoms with Crippen molar-refractivity contribution in [1.82, 2.24) is 0 Å². The fourth-order valence-electron chi connectivity index (χ4n) is 2.08. The van der Waals surface area contributed by atoms with Gasteiger partial charge in [0.2, 0.25) is 0 Å². The van der Waals surface area contributed by atoms with E-state index in [9.17, 15) is 8.78 Å². The smallest absolute Gasteiger partial charge is 0.142 e. The van der Waals surface area contributed by atoms with Crippen LogP contribution < -0.4 is 0 Å². The molecule has 0 radical (unpaired) electrons. The number of alkyl halides is 2. The average molecular weight is 332 g/mol. The molecule has 0 aliphatic rings. The Balaban J connectivity index is 1.59. The summed E-state index contributed by atoms with van der Waals surface area (Å²) >= 11 is 0. The van der Waals surface area contributed by atoms with E-state index in [4.69, 9.17) is 9.47 Å². The lowest BCUT2D eigenvalue weighted by Gasteiger charge is -2.08. The van der Waals surface area contributed by atoms with Crippen LogP contribution in [0.4, 0.5) is 8.78 Å². The zero-order valence-electron chi connectivity index (χ0n) is 13.5. The molecule has 2 atom stereocenters. The van der Waals surface area contributed by atoms with Crippen LogP contribution in [0.25, 0.3) is 0 Å². The lowest BCUT2D eigenvalue weighted by Crippen LogP contribution is -2.11. The van der Waals surface area contributed by atoms with Crippen LogP contribution >= 0.6 is 0 Å². The summed E-state index contributed by atoms with van der Waals surface area (Å²) in [6.45, 7) is 0.495. The van der Waals surface area contributed by atoms with Crippen LogP contribution in [0.5, 0.6) is 0 Å². The first-order valence-electron chi connectivity index (χ1n) is 7.94. The lowest BCUT2D eigenvalue weighted by molar-refractivity contribution is 0.0803. The molecule has 0 saturated carbocycles. The molecule has 128 valence electrons. The second kappa shape index (κ2) is 10.7. The molecular weight excluding hydrogens is 310 g/mol. The quantitative estimate of drug-likeness (QED) is 0.590. The second-order valence-corrected chi connectivity index (χ2v) is 5.42. The highest BCUT2D eigenvalue weighted by Crippen LogP contribution is 2.06. The predicted octanol–water partition coefficient (Wildman–Crippen LogP) is 4.65. The monoisotopic (exact) mass is 332 g/mol. The van der Waals surface area contributed by atoms with Gasteiger partial charge in [-0.15, -0.1) is 0 Å². The van der Waals surface area contributed by atoms with E-state index in [-0.39, 0.29) is 13.2 Å². The predicted molar refractivity (Wildman–Crippen MR) is 91.1 cm³/mol. The fourth-order valence-corrected chi connectivity index (χ4v) is 2.08. The fraction of sp³-hybridized carbons (Fsp3) is 0.300. The molecule has 0 spiro atoms. The van der Waals surface area contributed by atoms with Gasteiger partial charge in [0.1, 0.15) is 12.3 Å². The Labute approximate surface area is 141 Å². The summed E-state index contributed by atoms with van der Waals surface area (Å²) in [7, 11) is 0. The van der Waals surface area contributed by atoms with Gasteiger partial charge >= 0.3 is 0 Å². The first-order valence-corrected chi connectivity index (χ1v) is 7.94. The maximum Gasteiger partial charge on any atom is 0.142 e. The third-order valence-electron chi connectivity index (χ3n) is 3.31. The highest BCUT2D eigenvalue weighted by molar-refractivity contribution is 5.14. The minimum Gasteiger partial charge on any atom is -0.373 e. The van der Waals surface area contributed by atoms with Gasteiger partial charge in [-0.1, -0.05) is 60.7 Å². The topological polar surface area (TPSA) is 18.5 Å². The summed E-state index contributed by atoms with van der Waals surface area (Å²) in [6, 6.07) is 19.0. The Bertz CT molecular complexity index is 534. The van der Waals surface area contributed by atoms with E-state index in [2.05, 4.69) is 0 Å². The highest BCUT2D eigenvalue weighted by atomic mass is 19.1. The van der Waals surface area contributed by atoms with Crippen LogP contribution in [0.2, 0.25) is 0 Å². The van der Waals surface area contributed by atoms with Crippen LogP contribution in [0, 0.1) is 0 Å². The standard InChI is InChI=1S/C20H22F2O2/c21-19(15-23-13-17-7-3-1-4-8-17)11-12-20(22)16-24-14-18-9-5-2-6-10-18/h1-12,19-20H,13-16H2/b12-11+/t19-,20-/m0/s1. The van der Waals surface area contributed by atoms with E-state index in [1.165, 1.54) is 12.2 Å². The number of hydrogen-bond donors (Lipinski definition) is 0. The van der Waals surface area contributed by atoms with Crippen molar-refractivity contribution in [2.75, 3.05) is 13.2 Å². The van der Waals surface area contributed by atoms with Gasteiger partial charge in [0.15, 0.2) is 0 Å². The first-order chi connectivity index (χ1) is 11.7. The van der Waals surface area contributed by atoms with Crippen molar-refractivity contribution in [2.24, 2.45) is 0 Å². The lowest BCUT2D eigenvalue weighted by atomic mass is 10.2. The second-order valence-electron chi connectivity index (χ2n) is 5.42. The number of rotatable bonds is 10. The van der Waals surface area contributed by atoms with Gasteiger partial charge in [-0.2, -0.15) is 0 Å². The molecule has 0 N–H and O–H groups in total. The van der Waals surface area contributed by atoms with Crippen LogP contribution in [0.3, 0.4) is 0 Å². The zero-order chi connectivity index (χ0) is 17.0. The third-order valence-corrected chi connectivity index (χ3v) is 3.31. The van der Waals surface area contributed by atoms with Crippen molar-refractivity contribution in [3.63, 3.8) is 0 Å². The Morgan fingerprint density at radius 2 is 1.04 bits per heavy atom. The molecule has 24 heavy (non-hydrogen) atoms. The van der Waals surface area contributed by atoms with E-state index >= 15 is 0 Å². The van der Waals surface area contributed by atoms with Crippen LogP contribution in [-0.2, 0) is 22.7 Å². The molecule has 0 aliphatic heterocycles. The maximum absolute atomic E-state index is 13.6. The maximum atomic E-state index is 13.6. The Kier molecular flexibility index (Phi) is 8.15. The molecule has 0 aromatic heterocycles. The van der Waals surface area contributed by atoms with Gasteiger partial charge in [-0.25, -0.2) is 8.78 Å². The van der Waals surface area contributed by atoms with Gasteiger partial charge < -0.3 is 9.47 Å². The van der Waals surface area contributed by atoms with Gasteiger partial charge in [0.25, 0.3) is 0 Å². The molecule has 0 bridgehead atoms. The van der Waals surface area contributed by atoms with E-state index in [0.29, 0.717) is 13.2 Å². The van der Waals surface area contributed by atoms with E-state index in [1.807, 2.05) is 60.7 Å². The molecule has 0 unspecified atom stereocenters. The van der Waals surface area contributed by atoms with Gasteiger partial charge in [-0.3, -0.25) is 0 Å². The molecular formula is C20H22F2O2. The van der Waals surface area contributed by atoms with Crippen molar-refractivity contribution in [3.05, 3.63) is 83.9 Å². The van der Waals surface area contributed by atoms with Crippen LogP contribution in [0.15, 0.2) is 72.8 Å². The van der Waals surface area contributed by atoms with Crippen molar-refractivity contribution < 1.29 is 18.3 Å². The van der Waals surface area contributed by atoms with Gasteiger partial charge in [0, 0.05) is 0 Å². The number of benzene rings is 2. The van der Waals surface area contributed by atoms with E-state index in [0.717, 1.165) is 11.1 Å². The SMILES string of the molecule is F[C@@H](/C=C/[C@H](F)COCc1ccccc1)COCc1ccccc1. The third kappa shape index (κ3) is 7.49. The summed E-state index contributed by atoms with van der Waals surface area (Å²) in [6.07, 6.45) is -0.300. The van der Waals surface area contributed by atoms with E-state index < -0.39 is 12.3 Å². The average Bonchev–Trinajstić information content (AvgIpc) is 2.62. The molecule has 0 fully saturated rings. The van der Waals surface area contributed by atoms with Crippen molar-refractivity contribution in [3.8, 4) is 0 Å². The zero-order valence-corrected chi connectivity index (χ0v) is 13.5. The summed E-state index contributed by atoms with van der Waals surface area (Å²) < 4.78 is 37.8. The minimum absolute atomic E-state index is 0.0943. The first kappa shape index (κ1) is 18.3. The molecule has 2 aromatic rings. The Morgan fingerprint density at radius 1 is 0.667 bits per heavy atom. The Morgan fingerprint density at radius 3 is 1.42 bits per heavy atom. The molecule has 2 aromatic carbocycles. The van der Waals surface area contributed by atoms with Gasteiger partial charge in [0.05, 0.1) is 26.4 Å². The molecule has 2 nitrogen and oxygen atoms in total. The normalized spacial score (nSPS) is 13.9. The van der Waals surface area contributed by atoms with Crippen LogP contribution in [-0.4, -0.2) is 25.6 Å². The minimum atomic E-state index is -1.33. The summed E-state index contributed by atoms with van der Waals surface area (Å²) in [5, 5.41) is 0. The van der Waals surface area contributed by atoms with Crippen molar-refractivity contribution in [2.45, 2.75) is 25.6 Å². The van der Waals surface area contributed by atoms with Gasteiger partial charge in [-0.05, 0) is 23.3 Å².